The van der Waals surface area contributed by atoms with Crippen LogP contribution >= 0.6 is 0 Å². The number of ether oxygens (including phenoxy) is 1. The molecule has 1 aliphatic carbocycles. The van der Waals surface area contributed by atoms with E-state index < -0.39 is 10.0 Å². The molecule has 0 aromatic carbocycles. The first-order valence-corrected chi connectivity index (χ1v) is 8.99. The van der Waals surface area contributed by atoms with Crippen molar-refractivity contribution in [1.29, 1.82) is 0 Å². The van der Waals surface area contributed by atoms with Gasteiger partial charge in [-0.25, -0.2) is 13.1 Å². The average molecular weight is 292 g/mol. The van der Waals surface area contributed by atoms with Crippen LogP contribution in [-0.2, 0) is 14.8 Å². The molecule has 19 heavy (non-hydrogen) atoms. The van der Waals surface area contributed by atoms with Crippen LogP contribution in [0.4, 0.5) is 0 Å². The minimum absolute atomic E-state index is 0.143. The first-order valence-electron chi connectivity index (χ1n) is 7.34. The van der Waals surface area contributed by atoms with Gasteiger partial charge in [-0.3, -0.25) is 0 Å². The van der Waals surface area contributed by atoms with E-state index in [9.17, 15) is 8.42 Å². The van der Waals surface area contributed by atoms with Crippen molar-refractivity contribution in [3.63, 3.8) is 0 Å². The predicted octanol–water partition coefficient (Wildman–Crippen LogP) is 1.25. The molecule has 0 aromatic heterocycles. The number of nitrogens with one attached hydrogen (secondary N) is 2. The van der Waals surface area contributed by atoms with E-state index in [1.807, 2.05) is 0 Å². The molecular formula is C13H28N2O3S. The van der Waals surface area contributed by atoms with Gasteiger partial charge in [0.15, 0.2) is 0 Å². The predicted molar refractivity (Wildman–Crippen MR) is 77.8 cm³/mol. The second kappa shape index (κ2) is 9.69. The Balaban J connectivity index is 2.08. The Kier molecular flexibility index (Phi) is 8.61. The highest BCUT2D eigenvalue weighted by Crippen LogP contribution is 2.16. The second-order valence-corrected chi connectivity index (χ2v) is 7.13. The van der Waals surface area contributed by atoms with Crippen LogP contribution in [0.15, 0.2) is 0 Å². The van der Waals surface area contributed by atoms with Crippen molar-refractivity contribution in [2.24, 2.45) is 0 Å². The summed E-state index contributed by atoms with van der Waals surface area (Å²) in [5.41, 5.74) is 0. The van der Waals surface area contributed by atoms with E-state index in [4.69, 9.17) is 4.74 Å². The highest BCUT2D eigenvalue weighted by atomic mass is 32.2. The Morgan fingerprint density at radius 1 is 1.11 bits per heavy atom. The van der Waals surface area contributed by atoms with E-state index >= 15 is 0 Å². The topological polar surface area (TPSA) is 67.4 Å². The molecule has 0 heterocycles. The molecule has 0 amide bonds. The molecule has 1 saturated carbocycles. The van der Waals surface area contributed by atoms with Crippen LogP contribution in [0.1, 0.15) is 44.9 Å². The zero-order chi connectivity index (χ0) is 14.0. The summed E-state index contributed by atoms with van der Waals surface area (Å²) in [7, 11) is -1.55. The van der Waals surface area contributed by atoms with E-state index in [1.165, 1.54) is 38.5 Å². The van der Waals surface area contributed by atoms with Crippen LogP contribution in [0.3, 0.4) is 0 Å². The molecule has 5 nitrogen and oxygen atoms in total. The maximum absolute atomic E-state index is 11.6. The number of hydrogen-bond acceptors (Lipinski definition) is 4. The van der Waals surface area contributed by atoms with Gasteiger partial charge in [-0.2, -0.15) is 0 Å². The van der Waals surface area contributed by atoms with Gasteiger partial charge in [0, 0.05) is 32.8 Å². The Morgan fingerprint density at radius 2 is 1.79 bits per heavy atom. The Labute approximate surface area is 117 Å². The second-order valence-electron chi connectivity index (χ2n) is 5.20. The molecule has 114 valence electrons. The fraction of sp³-hybridized carbons (Fsp3) is 1.00. The summed E-state index contributed by atoms with van der Waals surface area (Å²) < 4.78 is 30.7. The Hall–Kier alpha value is -0.170. The van der Waals surface area contributed by atoms with Gasteiger partial charge in [-0.15, -0.1) is 0 Å². The SMILES string of the molecule is COCCCS(=O)(=O)NCCNC1CCCCCC1. The van der Waals surface area contributed by atoms with Crippen LogP contribution in [0.25, 0.3) is 0 Å². The van der Waals surface area contributed by atoms with Crippen LogP contribution in [0.5, 0.6) is 0 Å². The molecule has 0 saturated heterocycles. The van der Waals surface area contributed by atoms with Crippen molar-refractivity contribution in [2.75, 3.05) is 32.6 Å². The highest BCUT2D eigenvalue weighted by molar-refractivity contribution is 7.89. The summed E-state index contributed by atoms with van der Waals surface area (Å²) in [5.74, 6) is 0.143. The molecule has 2 N–H and O–H groups in total. The summed E-state index contributed by atoms with van der Waals surface area (Å²) in [6.07, 6.45) is 8.25. The molecule has 0 spiro atoms. The summed E-state index contributed by atoms with van der Waals surface area (Å²) in [4.78, 5) is 0. The molecular weight excluding hydrogens is 264 g/mol. The zero-order valence-corrected chi connectivity index (χ0v) is 12.8. The van der Waals surface area contributed by atoms with E-state index in [1.54, 1.807) is 7.11 Å². The average Bonchev–Trinajstić information content (AvgIpc) is 2.63. The van der Waals surface area contributed by atoms with Crippen LogP contribution < -0.4 is 10.0 Å². The molecule has 1 rings (SSSR count). The van der Waals surface area contributed by atoms with Crippen LogP contribution in [0, 0.1) is 0 Å². The third-order valence-electron chi connectivity index (χ3n) is 3.50. The van der Waals surface area contributed by atoms with Crippen molar-refractivity contribution in [3.8, 4) is 0 Å². The molecule has 0 bridgehead atoms. The van der Waals surface area contributed by atoms with E-state index in [2.05, 4.69) is 10.0 Å². The Bertz CT molecular complexity index is 312. The lowest BCUT2D eigenvalue weighted by atomic mass is 10.1. The van der Waals surface area contributed by atoms with Gasteiger partial charge in [0.1, 0.15) is 0 Å². The minimum Gasteiger partial charge on any atom is -0.385 e. The fourth-order valence-electron chi connectivity index (χ4n) is 2.43. The quantitative estimate of drug-likeness (QED) is 0.496. The third kappa shape index (κ3) is 8.57. The summed E-state index contributed by atoms with van der Waals surface area (Å²) >= 11 is 0. The number of sulfonamides is 1. The summed E-state index contributed by atoms with van der Waals surface area (Å²) in [6, 6.07) is 0.570. The zero-order valence-electron chi connectivity index (χ0n) is 12.0. The van der Waals surface area contributed by atoms with Crippen molar-refractivity contribution in [2.45, 2.75) is 51.0 Å². The van der Waals surface area contributed by atoms with Gasteiger partial charge in [0.05, 0.1) is 5.75 Å². The number of hydrogen-bond donors (Lipinski definition) is 2. The largest absolute Gasteiger partial charge is 0.385 e. The van der Waals surface area contributed by atoms with Crippen LogP contribution in [-0.4, -0.2) is 47.0 Å². The molecule has 0 aliphatic heterocycles. The number of rotatable bonds is 9. The normalized spacial score (nSPS) is 18.4. The van der Waals surface area contributed by atoms with Gasteiger partial charge < -0.3 is 10.1 Å². The molecule has 0 aromatic rings. The summed E-state index contributed by atoms with van der Waals surface area (Å²) in [6.45, 7) is 1.68. The molecule has 1 fully saturated rings. The van der Waals surface area contributed by atoms with Crippen LogP contribution in [0.2, 0.25) is 0 Å². The van der Waals surface area contributed by atoms with Crippen molar-refractivity contribution >= 4 is 10.0 Å². The lowest BCUT2D eigenvalue weighted by Gasteiger charge is -2.16. The van der Waals surface area contributed by atoms with Crippen molar-refractivity contribution in [1.82, 2.24) is 10.0 Å². The minimum atomic E-state index is -3.13. The maximum Gasteiger partial charge on any atom is 0.211 e. The third-order valence-corrected chi connectivity index (χ3v) is 4.97. The number of methoxy groups -OCH3 is 1. The fourth-order valence-corrected chi connectivity index (χ4v) is 3.49. The standard InChI is InChI=1S/C13H28N2O3S/c1-18-11-6-12-19(16,17)15-10-9-14-13-7-4-2-3-5-8-13/h13-15H,2-12H2,1H3. The van der Waals surface area contributed by atoms with Gasteiger partial charge in [0.25, 0.3) is 0 Å². The Morgan fingerprint density at radius 3 is 2.42 bits per heavy atom. The molecule has 0 unspecified atom stereocenters. The highest BCUT2D eigenvalue weighted by Gasteiger charge is 2.12. The van der Waals surface area contributed by atoms with E-state index in [0.29, 0.717) is 32.2 Å². The van der Waals surface area contributed by atoms with Gasteiger partial charge in [0.2, 0.25) is 10.0 Å². The lowest BCUT2D eigenvalue weighted by molar-refractivity contribution is 0.199. The summed E-state index contributed by atoms with van der Waals surface area (Å²) in [5, 5.41) is 3.45. The maximum atomic E-state index is 11.6. The molecule has 0 radical (unpaired) electrons. The van der Waals surface area contributed by atoms with E-state index in [0.717, 1.165) is 0 Å². The van der Waals surface area contributed by atoms with E-state index in [-0.39, 0.29) is 5.75 Å². The first kappa shape index (κ1) is 16.9. The molecule has 1 aliphatic rings. The monoisotopic (exact) mass is 292 g/mol. The van der Waals surface area contributed by atoms with Gasteiger partial charge in [-0.05, 0) is 19.3 Å². The van der Waals surface area contributed by atoms with Gasteiger partial charge in [-0.1, -0.05) is 25.7 Å². The first-order chi connectivity index (χ1) is 9.14. The molecule has 0 atom stereocenters. The van der Waals surface area contributed by atoms with Crippen molar-refractivity contribution < 1.29 is 13.2 Å². The smallest absolute Gasteiger partial charge is 0.211 e. The molecule has 6 heteroatoms. The lowest BCUT2D eigenvalue weighted by Crippen LogP contribution is -2.37. The van der Waals surface area contributed by atoms with Crippen molar-refractivity contribution in [3.05, 3.63) is 0 Å². The van der Waals surface area contributed by atoms with Gasteiger partial charge >= 0.3 is 0 Å².